The minimum Gasteiger partial charge on any atom is -0.312 e. The van der Waals surface area contributed by atoms with Crippen molar-refractivity contribution >= 4 is 11.3 Å². The molecule has 2 aromatic rings. The molecular weight excluding hydrogens is 297 g/mol. The molecule has 1 heterocycles. The molecule has 0 atom stereocenters. The quantitative estimate of drug-likeness (QED) is 0.805. The Kier molecular flexibility index (Phi) is 5.36. The van der Waals surface area contributed by atoms with Crippen molar-refractivity contribution in [3.05, 3.63) is 40.2 Å². The van der Waals surface area contributed by atoms with E-state index in [1.54, 1.807) is 0 Å². The van der Waals surface area contributed by atoms with Crippen LogP contribution in [-0.2, 0) is 13.0 Å². The van der Waals surface area contributed by atoms with Crippen molar-refractivity contribution in [2.24, 2.45) is 0 Å². The van der Waals surface area contributed by atoms with Gasteiger partial charge in [0.05, 0.1) is 5.69 Å². The van der Waals surface area contributed by atoms with Crippen LogP contribution in [0.15, 0.2) is 12.1 Å². The van der Waals surface area contributed by atoms with Gasteiger partial charge in [-0.1, -0.05) is 20.3 Å². The van der Waals surface area contributed by atoms with E-state index in [2.05, 4.69) is 10.3 Å². The van der Waals surface area contributed by atoms with Crippen molar-refractivity contribution in [1.29, 1.82) is 0 Å². The minimum atomic E-state index is -1.45. The summed E-state index contributed by atoms with van der Waals surface area (Å²) in [5.41, 5.74) is 0.904. The van der Waals surface area contributed by atoms with Crippen LogP contribution in [0.3, 0.4) is 0 Å². The van der Waals surface area contributed by atoms with Gasteiger partial charge in [-0.3, -0.25) is 0 Å². The fraction of sp³-hybridized carbons (Fsp3) is 0.400. The van der Waals surface area contributed by atoms with Gasteiger partial charge in [-0.05, 0) is 25.1 Å². The average Bonchev–Trinajstić information content (AvgIpc) is 2.86. The van der Waals surface area contributed by atoms with E-state index >= 15 is 0 Å². The first-order valence-corrected chi connectivity index (χ1v) is 7.73. The Bertz CT molecular complexity index is 626. The lowest BCUT2D eigenvalue weighted by Crippen LogP contribution is -2.11. The highest BCUT2D eigenvalue weighted by molar-refractivity contribution is 7.15. The molecule has 1 N–H and O–H groups in total. The van der Waals surface area contributed by atoms with Gasteiger partial charge in [0, 0.05) is 17.0 Å². The van der Waals surface area contributed by atoms with Crippen LogP contribution < -0.4 is 5.32 Å². The Labute approximate surface area is 126 Å². The van der Waals surface area contributed by atoms with Crippen molar-refractivity contribution in [2.45, 2.75) is 33.2 Å². The fourth-order valence-corrected chi connectivity index (χ4v) is 3.09. The van der Waals surface area contributed by atoms with Crippen LogP contribution in [0.4, 0.5) is 13.2 Å². The van der Waals surface area contributed by atoms with E-state index in [1.165, 1.54) is 17.4 Å². The van der Waals surface area contributed by atoms with Gasteiger partial charge in [-0.2, -0.15) is 0 Å². The summed E-state index contributed by atoms with van der Waals surface area (Å²) in [7, 11) is 0. The van der Waals surface area contributed by atoms with Gasteiger partial charge in [0.1, 0.15) is 5.01 Å². The van der Waals surface area contributed by atoms with E-state index in [9.17, 15) is 13.2 Å². The number of rotatable bonds is 6. The molecule has 0 saturated carbocycles. The first-order valence-electron chi connectivity index (χ1n) is 6.91. The predicted molar refractivity (Wildman–Crippen MR) is 78.8 cm³/mol. The van der Waals surface area contributed by atoms with Crippen LogP contribution in [0.2, 0.25) is 0 Å². The number of aromatic nitrogens is 1. The van der Waals surface area contributed by atoms with Crippen LogP contribution in [0.5, 0.6) is 0 Å². The van der Waals surface area contributed by atoms with Crippen LogP contribution in [0.1, 0.15) is 30.8 Å². The SMILES string of the molecule is CCCc1nc(-c2ccc(F)c(F)c2F)sc1CNCC. The summed E-state index contributed by atoms with van der Waals surface area (Å²) in [6, 6.07) is 2.16. The molecule has 0 spiro atoms. The lowest BCUT2D eigenvalue weighted by molar-refractivity contribution is 0.449. The Hall–Kier alpha value is -1.40. The molecule has 0 bridgehead atoms. The topological polar surface area (TPSA) is 24.9 Å². The third kappa shape index (κ3) is 3.44. The zero-order valence-electron chi connectivity index (χ0n) is 12.0. The van der Waals surface area contributed by atoms with Crippen molar-refractivity contribution < 1.29 is 13.2 Å². The van der Waals surface area contributed by atoms with E-state index in [4.69, 9.17) is 0 Å². The molecule has 0 aliphatic heterocycles. The van der Waals surface area contributed by atoms with Crippen molar-refractivity contribution in [3.8, 4) is 10.6 Å². The summed E-state index contributed by atoms with van der Waals surface area (Å²) in [6.45, 7) is 5.50. The van der Waals surface area contributed by atoms with Crippen molar-refractivity contribution in [3.63, 3.8) is 0 Å². The van der Waals surface area contributed by atoms with Crippen LogP contribution in [0.25, 0.3) is 10.6 Å². The number of benzene rings is 1. The van der Waals surface area contributed by atoms with Gasteiger partial charge in [0.15, 0.2) is 17.5 Å². The summed E-state index contributed by atoms with van der Waals surface area (Å²) in [4.78, 5) is 5.42. The van der Waals surface area contributed by atoms with E-state index < -0.39 is 17.5 Å². The summed E-state index contributed by atoms with van der Waals surface area (Å²) < 4.78 is 40.2. The highest BCUT2D eigenvalue weighted by Gasteiger charge is 2.19. The second kappa shape index (κ2) is 7.04. The largest absolute Gasteiger partial charge is 0.312 e. The highest BCUT2D eigenvalue weighted by Crippen LogP contribution is 2.32. The minimum absolute atomic E-state index is 0.0130. The molecule has 0 radical (unpaired) electrons. The first-order chi connectivity index (χ1) is 10.1. The van der Waals surface area contributed by atoms with Crippen molar-refractivity contribution in [1.82, 2.24) is 10.3 Å². The van der Waals surface area contributed by atoms with Gasteiger partial charge in [-0.15, -0.1) is 11.3 Å². The number of halogens is 3. The second-order valence-corrected chi connectivity index (χ2v) is 5.73. The molecule has 0 aliphatic rings. The molecule has 1 aromatic heterocycles. The standard InChI is InChI=1S/C15H17F3N2S/c1-3-5-11-12(8-19-4-2)21-15(20-11)9-6-7-10(16)14(18)13(9)17/h6-7,19H,3-5,8H2,1-2H3. The first kappa shape index (κ1) is 16.0. The second-order valence-electron chi connectivity index (χ2n) is 4.64. The molecule has 21 heavy (non-hydrogen) atoms. The lowest BCUT2D eigenvalue weighted by Gasteiger charge is -2.01. The summed E-state index contributed by atoms with van der Waals surface area (Å²) >= 11 is 1.32. The lowest BCUT2D eigenvalue weighted by atomic mass is 10.2. The van der Waals surface area contributed by atoms with Gasteiger partial charge >= 0.3 is 0 Å². The van der Waals surface area contributed by atoms with Crippen LogP contribution in [-0.4, -0.2) is 11.5 Å². The molecular formula is C15H17F3N2S. The third-order valence-corrected chi connectivity index (χ3v) is 4.20. The van der Waals surface area contributed by atoms with Gasteiger partial charge in [0.25, 0.3) is 0 Å². The van der Waals surface area contributed by atoms with E-state index in [0.29, 0.717) is 11.6 Å². The molecule has 0 aliphatic carbocycles. The number of aryl methyl sites for hydroxylation is 1. The zero-order chi connectivity index (χ0) is 15.4. The number of hydrogen-bond acceptors (Lipinski definition) is 3. The molecule has 0 fully saturated rings. The average molecular weight is 314 g/mol. The van der Waals surface area contributed by atoms with Crippen LogP contribution >= 0.6 is 11.3 Å². The molecule has 1 aromatic carbocycles. The van der Waals surface area contributed by atoms with Crippen LogP contribution in [0, 0.1) is 17.5 Å². The van der Waals surface area contributed by atoms with Gasteiger partial charge < -0.3 is 5.32 Å². The van der Waals surface area contributed by atoms with E-state index in [1.807, 2.05) is 13.8 Å². The Balaban J connectivity index is 2.42. The molecule has 6 heteroatoms. The molecule has 2 rings (SSSR count). The highest BCUT2D eigenvalue weighted by atomic mass is 32.1. The van der Waals surface area contributed by atoms with Crippen molar-refractivity contribution in [2.75, 3.05) is 6.54 Å². The number of hydrogen-bond donors (Lipinski definition) is 1. The molecule has 114 valence electrons. The molecule has 0 amide bonds. The number of nitrogens with zero attached hydrogens (tertiary/aromatic N) is 1. The molecule has 0 unspecified atom stereocenters. The molecule has 0 saturated heterocycles. The van der Waals surface area contributed by atoms with E-state index in [-0.39, 0.29) is 5.56 Å². The maximum absolute atomic E-state index is 13.9. The Morgan fingerprint density at radius 2 is 1.90 bits per heavy atom. The maximum Gasteiger partial charge on any atom is 0.195 e. The van der Waals surface area contributed by atoms with E-state index in [0.717, 1.165) is 36.0 Å². The summed E-state index contributed by atoms with van der Waals surface area (Å²) in [5, 5.41) is 3.60. The Morgan fingerprint density at radius 3 is 2.57 bits per heavy atom. The third-order valence-electron chi connectivity index (χ3n) is 3.07. The summed E-state index contributed by atoms with van der Waals surface area (Å²) in [5.74, 6) is -3.82. The predicted octanol–water partition coefficient (Wildman–Crippen LogP) is 4.29. The maximum atomic E-state index is 13.9. The van der Waals surface area contributed by atoms with Gasteiger partial charge in [0.2, 0.25) is 0 Å². The normalized spacial score (nSPS) is 11.1. The molecule has 2 nitrogen and oxygen atoms in total. The smallest absolute Gasteiger partial charge is 0.195 e. The summed E-state index contributed by atoms with van der Waals surface area (Å²) in [6.07, 6.45) is 1.70. The fourth-order valence-electron chi connectivity index (χ4n) is 2.00. The monoisotopic (exact) mass is 314 g/mol. The zero-order valence-corrected chi connectivity index (χ0v) is 12.8. The number of nitrogens with one attached hydrogen (secondary N) is 1. The Morgan fingerprint density at radius 1 is 1.14 bits per heavy atom. The van der Waals surface area contributed by atoms with Gasteiger partial charge in [-0.25, -0.2) is 18.2 Å². The number of thiazole rings is 1.